The maximum atomic E-state index is 12.9. The molecular weight excluding hydrogens is 229 g/mol. The highest BCUT2D eigenvalue weighted by molar-refractivity contribution is 5.96. The van der Waals surface area contributed by atoms with Crippen LogP contribution in [0.1, 0.15) is 10.4 Å². The lowest BCUT2D eigenvalue weighted by molar-refractivity contribution is 0.0837. The zero-order valence-electron chi connectivity index (χ0n) is 9.31. The van der Waals surface area contributed by atoms with Crippen LogP contribution in [-0.4, -0.2) is 42.5 Å². The number of phenolic OH excluding ortho intramolecular Hbond substituents is 1. The van der Waals surface area contributed by atoms with Crippen LogP contribution in [-0.2, 0) is 4.74 Å². The number of hydrogen-bond acceptors (Lipinski definition) is 4. The predicted molar refractivity (Wildman–Crippen MR) is 58.3 cm³/mol. The van der Waals surface area contributed by atoms with Crippen molar-refractivity contribution in [1.29, 1.82) is 0 Å². The number of halogens is 1. The third kappa shape index (κ3) is 3.69. The van der Waals surface area contributed by atoms with Gasteiger partial charge in [0.15, 0.2) is 0 Å². The number of carbonyl (C=O) groups is 1. The van der Waals surface area contributed by atoms with E-state index in [-0.39, 0.29) is 24.5 Å². The van der Waals surface area contributed by atoms with Crippen LogP contribution in [0, 0.1) is 5.82 Å². The van der Waals surface area contributed by atoms with Crippen molar-refractivity contribution in [3.05, 3.63) is 29.6 Å². The third-order valence-electron chi connectivity index (χ3n) is 2.13. The maximum Gasteiger partial charge on any atom is 0.255 e. The van der Waals surface area contributed by atoms with Crippen LogP contribution in [0.4, 0.5) is 4.39 Å². The van der Waals surface area contributed by atoms with E-state index in [4.69, 9.17) is 9.84 Å². The van der Waals surface area contributed by atoms with Gasteiger partial charge in [0, 0.05) is 7.11 Å². The number of methoxy groups -OCH3 is 1. The van der Waals surface area contributed by atoms with E-state index >= 15 is 0 Å². The molecular formula is C11H14FNO4. The van der Waals surface area contributed by atoms with Crippen LogP contribution in [0.2, 0.25) is 0 Å². The Morgan fingerprint density at radius 2 is 2.29 bits per heavy atom. The largest absolute Gasteiger partial charge is 0.507 e. The molecule has 94 valence electrons. The molecule has 17 heavy (non-hydrogen) atoms. The van der Waals surface area contributed by atoms with Gasteiger partial charge >= 0.3 is 0 Å². The number of aromatic hydroxyl groups is 1. The standard InChI is InChI=1S/C11H14FNO4/c1-17-6-8(5-14)13-11(16)9-4-7(12)2-3-10(9)15/h2-4,8,14-15H,5-6H2,1H3,(H,13,16). The number of carbonyl (C=O) groups excluding carboxylic acids is 1. The van der Waals surface area contributed by atoms with Crippen molar-refractivity contribution >= 4 is 5.91 Å². The fraction of sp³-hybridized carbons (Fsp3) is 0.364. The van der Waals surface area contributed by atoms with Crippen LogP contribution < -0.4 is 5.32 Å². The third-order valence-corrected chi connectivity index (χ3v) is 2.13. The van der Waals surface area contributed by atoms with Gasteiger partial charge in [-0.25, -0.2) is 4.39 Å². The lowest BCUT2D eigenvalue weighted by Gasteiger charge is -2.15. The first-order valence-corrected chi connectivity index (χ1v) is 4.97. The Balaban J connectivity index is 2.78. The molecule has 1 unspecified atom stereocenters. The molecule has 3 N–H and O–H groups in total. The molecule has 5 nitrogen and oxygen atoms in total. The molecule has 0 fully saturated rings. The molecule has 0 aliphatic rings. The Kier molecular flexibility index (Phi) is 4.86. The number of ether oxygens (including phenoxy) is 1. The first-order valence-electron chi connectivity index (χ1n) is 4.97. The van der Waals surface area contributed by atoms with Crippen LogP contribution in [0.3, 0.4) is 0 Å². The Hall–Kier alpha value is -1.66. The van der Waals surface area contributed by atoms with Crippen molar-refractivity contribution in [2.75, 3.05) is 20.3 Å². The molecule has 0 saturated carbocycles. The lowest BCUT2D eigenvalue weighted by Crippen LogP contribution is -2.40. The van der Waals surface area contributed by atoms with Crippen LogP contribution >= 0.6 is 0 Å². The van der Waals surface area contributed by atoms with Gasteiger partial charge in [0.2, 0.25) is 0 Å². The first-order chi connectivity index (χ1) is 8.08. The average Bonchev–Trinajstić information content (AvgIpc) is 2.31. The monoisotopic (exact) mass is 243 g/mol. The van der Waals surface area contributed by atoms with E-state index in [0.29, 0.717) is 0 Å². The number of nitrogens with one attached hydrogen (secondary N) is 1. The number of rotatable bonds is 5. The fourth-order valence-corrected chi connectivity index (χ4v) is 1.29. The fourth-order valence-electron chi connectivity index (χ4n) is 1.29. The first kappa shape index (κ1) is 13.4. The molecule has 0 saturated heterocycles. The number of hydrogen-bond donors (Lipinski definition) is 3. The second kappa shape index (κ2) is 6.17. The molecule has 0 aliphatic heterocycles. The van der Waals surface area contributed by atoms with Gasteiger partial charge in [-0.05, 0) is 18.2 Å². The molecule has 6 heteroatoms. The van der Waals surface area contributed by atoms with E-state index in [1.807, 2.05) is 0 Å². The minimum Gasteiger partial charge on any atom is -0.507 e. The van der Waals surface area contributed by atoms with Gasteiger partial charge in [-0.2, -0.15) is 0 Å². The second-order valence-corrected chi connectivity index (χ2v) is 3.47. The Morgan fingerprint density at radius 3 is 2.88 bits per heavy atom. The van der Waals surface area contributed by atoms with E-state index in [1.54, 1.807) is 0 Å². The molecule has 1 rings (SSSR count). The zero-order valence-corrected chi connectivity index (χ0v) is 9.31. The average molecular weight is 243 g/mol. The van der Waals surface area contributed by atoms with Crippen molar-refractivity contribution in [3.8, 4) is 5.75 Å². The SMILES string of the molecule is COCC(CO)NC(=O)c1cc(F)ccc1O. The van der Waals surface area contributed by atoms with Crippen molar-refractivity contribution < 1.29 is 24.1 Å². The highest BCUT2D eigenvalue weighted by atomic mass is 19.1. The second-order valence-electron chi connectivity index (χ2n) is 3.47. The van der Waals surface area contributed by atoms with Gasteiger partial charge in [0.1, 0.15) is 11.6 Å². The number of benzene rings is 1. The van der Waals surface area contributed by atoms with E-state index in [1.165, 1.54) is 7.11 Å². The normalized spacial score (nSPS) is 12.2. The highest BCUT2D eigenvalue weighted by Gasteiger charge is 2.16. The van der Waals surface area contributed by atoms with Gasteiger partial charge in [0.25, 0.3) is 5.91 Å². The molecule has 0 aromatic heterocycles. The summed E-state index contributed by atoms with van der Waals surface area (Å²) in [6, 6.07) is 2.46. The summed E-state index contributed by atoms with van der Waals surface area (Å²) < 4.78 is 17.7. The minimum absolute atomic E-state index is 0.123. The van der Waals surface area contributed by atoms with Crippen LogP contribution in [0.15, 0.2) is 18.2 Å². The van der Waals surface area contributed by atoms with Crippen LogP contribution in [0.5, 0.6) is 5.75 Å². The summed E-state index contributed by atoms with van der Waals surface area (Å²) >= 11 is 0. The summed E-state index contributed by atoms with van der Waals surface area (Å²) in [5, 5.41) is 20.8. The van der Waals surface area contributed by atoms with Crippen molar-refractivity contribution in [2.45, 2.75) is 6.04 Å². The summed E-state index contributed by atoms with van der Waals surface area (Å²) in [4.78, 5) is 11.7. The Morgan fingerprint density at radius 1 is 1.59 bits per heavy atom. The summed E-state index contributed by atoms with van der Waals surface area (Å²) in [5.41, 5.74) is -0.181. The zero-order chi connectivity index (χ0) is 12.8. The van der Waals surface area contributed by atoms with Gasteiger partial charge in [-0.15, -0.1) is 0 Å². The molecule has 1 amide bonds. The number of amides is 1. The smallest absolute Gasteiger partial charge is 0.255 e. The molecule has 1 aromatic rings. The molecule has 0 bridgehead atoms. The van der Waals surface area contributed by atoms with Crippen LogP contribution in [0.25, 0.3) is 0 Å². The summed E-state index contributed by atoms with van der Waals surface area (Å²) in [7, 11) is 1.43. The molecule has 0 aliphatic carbocycles. The Labute approximate surface area is 97.8 Å². The summed E-state index contributed by atoms with van der Waals surface area (Å²) in [5.74, 6) is -1.61. The van der Waals surface area contributed by atoms with Crippen molar-refractivity contribution in [2.24, 2.45) is 0 Å². The Bertz CT molecular complexity index is 397. The molecule has 0 heterocycles. The van der Waals surface area contributed by atoms with Gasteiger partial charge in [-0.1, -0.05) is 0 Å². The summed E-state index contributed by atoms with van der Waals surface area (Å²) in [6.45, 7) is -0.187. The van der Waals surface area contributed by atoms with Gasteiger partial charge in [0.05, 0.1) is 24.8 Å². The van der Waals surface area contributed by atoms with Crippen molar-refractivity contribution in [1.82, 2.24) is 5.32 Å². The quantitative estimate of drug-likeness (QED) is 0.693. The minimum atomic E-state index is -0.668. The lowest BCUT2D eigenvalue weighted by atomic mass is 10.1. The van der Waals surface area contributed by atoms with Gasteiger partial charge < -0.3 is 20.3 Å². The molecule has 1 atom stereocenters. The van der Waals surface area contributed by atoms with E-state index in [9.17, 15) is 14.3 Å². The van der Waals surface area contributed by atoms with E-state index in [0.717, 1.165) is 18.2 Å². The highest BCUT2D eigenvalue weighted by Crippen LogP contribution is 2.17. The maximum absolute atomic E-state index is 12.9. The van der Waals surface area contributed by atoms with E-state index < -0.39 is 17.8 Å². The number of phenols is 1. The van der Waals surface area contributed by atoms with Crippen molar-refractivity contribution in [3.63, 3.8) is 0 Å². The number of aliphatic hydroxyl groups excluding tert-OH is 1. The molecule has 1 aromatic carbocycles. The molecule has 0 radical (unpaired) electrons. The number of aliphatic hydroxyl groups is 1. The van der Waals surface area contributed by atoms with Gasteiger partial charge in [-0.3, -0.25) is 4.79 Å². The van der Waals surface area contributed by atoms with E-state index in [2.05, 4.69) is 5.32 Å². The predicted octanol–water partition coefficient (Wildman–Crippen LogP) is 0.268. The topological polar surface area (TPSA) is 78.8 Å². The molecule has 0 spiro atoms. The summed E-state index contributed by atoms with van der Waals surface area (Å²) in [6.07, 6.45) is 0.